The van der Waals surface area contributed by atoms with Gasteiger partial charge in [-0.2, -0.15) is 4.98 Å². The number of aromatic amines is 1. The molecule has 1 aliphatic carbocycles. The second-order valence-corrected chi connectivity index (χ2v) is 6.06. The van der Waals surface area contributed by atoms with Gasteiger partial charge in [0.05, 0.1) is 0 Å². The van der Waals surface area contributed by atoms with Crippen molar-refractivity contribution in [1.82, 2.24) is 15.2 Å². The zero-order valence-electron chi connectivity index (χ0n) is 11.6. The Morgan fingerprint density at radius 2 is 1.79 bits per heavy atom. The molecule has 1 saturated carbocycles. The van der Waals surface area contributed by atoms with Gasteiger partial charge in [0.15, 0.2) is 0 Å². The van der Waals surface area contributed by atoms with Crippen LogP contribution >= 0.6 is 0 Å². The van der Waals surface area contributed by atoms with Gasteiger partial charge < -0.3 is 10.6 Å². The third kappa shape index (κ3) is 3.08. The zero-order chi connectivity index (χ0) is 13.1. The molecule has 0 bridgehead atoms. The summed E-state index contributed by atoms with van der Waals surface area (Å²) in [7, 11) is 0. The highest BCUT2D eigenvalue weighted by atomic mass is 15.4. The number of aromatic nitrogens is 3. The van der Waals surface area contributed by atoms with Gasteiger partial charge in [0.1, 0.15) is 5.82 Å². The highest BCUT2D eigenvalue weighted by Gasteiger charge is 2.24. The largest absolute Gasteiger partial charge is 0.338 e. The molecule has 19 heavy (non-hydrogen) atoms. The quantitative estimate of drug-likeness (QED) is 0.858. The number of nitrogens with zero attached hydrogens (tertiary/aromatic N) is 3. The number of hydrogen-bond acceptors (Lipinski definition) is 4. The van der Waals surface area contributed by atoms with E-state index in [1.165, 1.54) is 44.9 Å². The van der Waals surface area contributed by atoms with Crippen LogP contribution in [0.3, 0.4) is 0 Å². The van der Waals surface area contributed by atoms with Gasteiger partial charge in [-0.3, -0.25) is 5.10 Å². The van der Waals surface area contributed by atoms with Crippen molar-refractivity contribution in [3.8, 4) is 0 Å². The molecule has 0 amide bonds. The Morgan fingerprint density at radius 1 is 1.05 bits per heavy atom. The van der Waals surface area contributed by atoms with Crippen molar-refractivity contribution < 1.29 is 0 Å². The first kappa shape index (κ1) is 12.9. The Kier molecular flexibility index (Phi) is 4.01. The summed E-state index contributed by atoms with van der Waals surface area (Å²) in [5.74, 6) is 2.53. The Bertz CT molecular complexity index is 394. The lowest BCUT2D eigenvalue weighted by Gasteiger charge is -2.17. The maximum absolute atomic E-state index is 5.94. The van der Waals surface area contributed by atoms with Crippen LogP contribution in [0.5, 0.6) is 0 Å². The smallest absolute Gasteiger partial charge is 0.244 e. The minimum absolute atomic E-state index is 0.281. The van der Waals surface area contributed by atoms with Gasteiger partial charge in [-0.05, 0) is 19.3 Å². The molecule has 3 rings (SSSR count). The molecule has 2 aliphatic rings. The van der Waals surface area contributed by atoms with Gasteiger partial charge in [-0.25, -0.2) is 0 Å². The molecule has 1 atom stereocenters. The van der Waals surface area contributed by atoms with Crippen molar-refractivity contribution >= 4 is 5.95 Å². The van der Waals surface area contributed by atoms with Gasteiger partial charge in [0, 0.05) is 25.0 Å². The third-order valence-corrected chi connectivity index (χ3v) is 4.49. The topological polar surface area (TPSA) is 70.8 Å². The van der Waals surface area contributed by atoms with E-state index in [1.807, 2.05) is 0 Å². The molecule has 1 aliphatic heterocycles. The van der Waals surface area contributed by atoms with E-state index in [-0.39, 0.29) is 6.04 Å². The van der Waals surface area contributed by atoms with Crippen LogP contribution in [0, 0.1) is 0 Å². The summed E-state index contributed by atoms with van der Waals surface area (Å²) < 4.78 is 0. The van der Waals surface area contributed by atoms with E-state index in [1.54, 1.807) is 0 Å². The van der Waals surface area contributed by atoms with Crippen molar-refractivity contribution in [1.29, 1.82) is 0 Å². The van der Waals surface area contributed by atoms with E-state index in [4.69, 9.17) is 10.7 Å². The first-order valence-electron chi connectivity index (χ1n) is 7.76. The summed E-state index contributed by atoms with van der Waals surface area (Å²) in [5.41, 5.74) is 5.94. The van der Waals surface area contributed by atoms with Gasteiger partial charge >= 0.3 is 0 Å². The monoisotopic (exact) mass is 263 g/mol. The van der Waals surface area contributed by atoms with Crippen molar-refractivity contribution in [3.05, 3.63) is 5.82 Å². The Labute approximate surface area is 115 Å². The fraction of sp³-hybridized carbons (Fsp3) is 0.857. The predicted molar refractivity (Wildman–Crippen MR) is 76.2 cm³/mol. The van der Waals surface area contributed by atoms with Crippen molar-refractivity contribution in [2.75, 3.05) is 18.0 Å². The Hall–Kier alpha value is -1.10. The number of H-pyrrole nitrogens is 1. The summed E-state index contributed by atoms with van der Waals surface area (Å²) in [4.78, 5) is 6.93. The summed E-state index contributed by atoms with van der Waals surface area (Å²) >= 11 is 0. The average Bonchev–Trinajstić information content (AvgIpc) is 2.97. The van der Waals surface area contributed by atoms with Gasteiger partial charge in [0.25, 0.3) is 0 Å². The van der Waals surface area contributed by atoms with Crippen molar-refractivity contribution in [3.63, 3.8) is 0 Å². The number of rotatable bonds is 2. The van der Waals surface area contributed by atoms with Crippen molar-refractivity contribution in [2.24, 2.45) is 5.73 Å². The van der Waals surface area contributed by atoms with Crippen LogP contribution in [-0.4, -0.2) is 34.3 Å². The molecule has 0 radical (unpaired) electrons. The predicted octanol–water partition coefficient (Wildman–Crippen LogP) is 2.17. The molecule has 1 unspecified atom stereocenters. The molecule has 106 valence electrons. The van der Waals surface area contributed by atoms with E-state index < -0.39 is 0 Å². The first-order chi connectivity index (χ1) is 9.33. The average molecular weight is 263 g/mol. The fourth-order valence-electron chi connectivity index (χ4n) is 3.29. The van der Waals surface area contributed by atoms with Crippen molar-refractivity contribution in [2.45, 2.75) is 63.3 Å². The second-order valence-electron chi connectivity index (χ2n) is 6.06. The number of anilines is 1. The molecule has 2 heterocycles. The molecule has 1 saturated heterocycles. The molecule has 2 fully saturated rings. The van der Waals surface area contributed by atoms with E-state index in [0.29, 0.717) is 5.92 Å². The molecule has 1 aromatic rings. The van der Waals surface area contributed by atoms with E-state index >= 15 is 0 Å². The minimum atomic E-state index is 0.281. The molecule has 0 aromatic carbocycles. The number of nitrogens with two attached hydrogens (primary N) is 1. The second kappa shape index (κ2) is 5.90. The van der Waals surface area contributed by atoms with Crippen LogP contribution in [0.25, 0.3) is 0 Å². The number of hydrogen-bond donors (Lipinski definition) is 2. The normalized spacial score (nSPS) is 26.4. The van der Waals surface area contributed by atoms with Crippen LogP contribution in [0.1, 0.15) is 63.1 Å². The van der Waals surface area contributed by atoms with Gasteiger partial charge in [-0.1, -0.05) is 32.1 Å². The fourth-order valence-corrected chi connectivity index (χ4v) is 3.29. The first-order valence-corrected chi connectivity index (χ1v) is 7.76. The summed E-state index contributed by atoms with van der Waals surface area (Å²) in [6, 6.07) is 0.281. The summed E-state index contributed by atoms with van der Waals surface area (Å²) in [5, 5.41) is 7.57. The Balaban J connectivity index is 1.66. The molecular weight excluding hydrogens is 238 g/mol. The molecule has 5 heteroatoms. The van der Waals surface area contributed by atoms with E-state index in [0.717, 1.165) is 31.3 Å². The SMILES string of the molecule is NC1CCN(c2n[nH]c(C3CCCCCCC3)n2)C1. The van der Waals surface area contributed by atoms with E-state index in [2.05, 4.69) is 15.1 Å². The minimum Gasteiger partial charge on any atom is -0.338 e. The molecule has 1 aromatic heterocycles. The maximum atomic E-state index is 5.94. The van der Waals surface area contributed by atoms with Crippen LogP contribution in [0.2, 0.25) is 0 Å². The highest BCUT2D eigenvalue weighted by Crippen LogP contribution is 2.29. The third-order valence-electron chi connectivity index (χ3n) is 4.49. The summed E-state index contributed by atoms with van der Waals surface area (Å²) in [6.45, 7) is 1.88. The Morgan fingerprint density at radius 3 is 2.47 bits per heavy atom. The molecule has 0 spiro atoms. The lowest BCUT2D eigenvalue weighted by Crippen LogP contribution is -2.27. The highest BCUT2D eigenvalue weighted by molar-refractivity contribution is 5.31. The van der Waals surface area contributed by atoms with Gasteiger partial charge in [-0.15, -0.1) is 5.10 Å². The molecule has 3 N–H and O–H groups in total. The van der Waals surface area contributed by atoms with Crippen LogP contribution in [0.4, 0.5) is 5.95 Å². The lowest BCUT2D eigenvalue weighted by molar-refractivity contribution is 0.443. The zero-order valence-corrected chi connectivity index (χ0v) is 11.6. The lowest BCUT2D eigenvalue weighted by atomic mass is 9.91. The van der Waals surface area contributed by atoms with E-state index in [9.17, 15) is 0 Å². The van der Waals surface area contributed by atoms with Crippen LogP contribution in [-0.2, 0) is 0 Å². The summed E-state index contributed by atoms with van der Waals surface area (Å²) in [6.07, 6.45) is 10.4. The maximum Gasteiger partial charge on any atom is 0.244 e. The number of nitrogens with one attached hydrogen (secondary N) is 1. The molecular formula is C14H25N5. The van der Waals surface area contributed by atoms with Crippen LogP contribution in [0.15, 0.2) is 0 Å². The van der Waals surface area contributed by atoms with Crippen LogP contribution < -0.4 is 10.6 Å². The standard InChI is InChI=1S/C14H25N5/c15-12-8-9-19(10-12)14-16-13(17-18-14)11-6-4-2-1-3-5-7-11/h11-12H,1-10,15H2,(H,16,17,18). The van der Waals surface area contributed by atoms with Gasteiger partial charge in [0.2, 0.25) is 5.95 Å². The molecule has 5 nitrogen and oxygen atoms in total.